The van der Waals surface area contributed by atoms with Gasteiger partial charge < -0.3 is 19.2 Å². The van der Waals surface area contributed by atoms with Gasteiger partial charge in [0.1, 0.15) is 17.8 Å². The number of hydrogen-bond donors (Lipinski definition) is 0. The third-order valence-corrected chi connectivity index (χ3v) is 5.48. The van der Waals surface area contributed by atoms with E-state index in [9.17, 15) is 9.59 Å². The van der Waals surface area contributed by atoms with E-state index in [1.165, 1.54) is 0 Å². The Balaban J connectivity index is 1.87. The molecule has 0 spiro atoms. The Morgan fingerprint density at radius 1 is 0.969 bits per heavy atom. The minimum Gasteiger partial charge on any atom is -0.492 e. The molecule has 1 aliphatic heterocycles. The van der Waals surface area contributed by atoms with Crippen LogP contribution in [0.25, 0.3) is 10.8 Å². The summed E-state index contributed by atoms with van der Waals surface area (Å²) in [6.07, 6.45) is 1.21. The van der Waals surface area contributed by atoms with Crippen molar-refractivity contribution in [1.82, 2.24) is 0 Å². The molecule has 3 aromatic rings. The number of carbonyl (C=O) groups is 2. The molecule has 0 saturated carbocycles. The summed E-state index contributed by atoms with van der Waals surface area (Å²) in [6.45, 7) is 9.09. The first kappa shape index (κ1) is 21.9. The highest BCUT2D eigenvalue weighted by atomic mass is 16.5. The van der Waals surface area contributed by atoms with Crippen molar-refractivity contribution < 1.29 is 19.1 Å². The number of anilines is 1. The zero-order chi connectivity index (χ0) is 22.8. The average molecular weight is 432 g/mol. The number of nitrogens with zero attached hydrogens (tertiary/aromatic N) is 1. The predicted molar refractivity (Wildman–Crippen MR) is 127 cm³/mol. The van der Waals surface area contributed by atoms with Crippen LogP contribution in [0.15, 0.2) is 48.5 Å². The van der Waals surface area contributed by atoms with E-state index in [0.717, 1.165) is 39.6 Å². The standard InChI is InChI=1S/C27H29NO4/c1-17(2)16-31-26-22-8-6-5-7-21(22)25(32-18(3)4)23-15-28(27(30)24(23)26)20-11-9-19(10-12-20)13-14-29/h5-12,14,17-18H,13,15-16H2,1-4H3. The molecule has 0 radical (unpaired) electrons. The van der Waals surface area contributed by atoms with Crippen molar-refractivity contribution in [2.45, 2.75) is 46.8 Å². The Morgan fingerprint density at radius 2 is 1.62 bits per heavy atom. The van der Waals surface area contributed by atoms with Gasteiger partial charge in [-0.2, -0.15) is 0 Å². The molecule has 0 N–H and O–H groups in total. The molecule has 0 saturated heterocycles. The first-order valence-corrected chi connectivity index (χ1v) is 11.1. The van der Waals surface area contributed by atoms with E-state index in [4.69, 9.17) is 9.47 Å². The largest absolute Gasteiger partial charge is 0.492 e. The van der Waals surface area contributed by atoms with Gasteiger partial charge in [-0.25, -0.2) is 0 Å². The number of amides is 1. The maximum Gasteiger partial charge on any atom is 0.262 e. The van der Waals surface area contributed by atoms with Gasteiger partial charge in [0.25, 0.3) is 5.91 Å². The summed E-state index contributed by atoms with van der Waals surface area (Å²) in [4.78, 5) is 26.3. The number of ether oxygens (including phenoxy) is 2. The number of benzene rings is 3. The van der Waals surface area contributed by atoms with Crippen LogP contribution < -0.4 is 14.4 Å². The zero-order valence-corrected chi connectivity index (χ0v) is 19.1. The second-order valence-corrected chi connectivity index (χ2v) is 8.86. The summed E-state index contributed by atoms with van der Waals surface area (Å²) in [5, 5.41) is 1.84. The summed E-state index contributed by atoms with van der Waals surface area (Å²) in [6, 6.07) is 15.5. The Hall–Kier alpha value is -3.34. The quantitative estimate of drug-likeness (QED) is 0.438. The fourth-order valence-electron chi connectivity index (χ4n) is 4.06. The van der Waals surface area contributed by atoms with E-state index >= 15 is 0 Å². The summed E-state index contributed by atoms with van der Waals surface area (Å²) >= 11 is 0. The molecule has 0 aromatic heterocycles. The Labute approximate surface area is 188 Å². The molecule has 5 heteroatoms. The monoisotopic (exact) mass is 431 g/mol. The molecule has 5 nitrogen and oxygen atoms in total. The highest BCUT2D eigenvalue weighted by molar-refractivity contribution is 6.16. The van der Waals surface area contributed by atoms with Crippen molar-refractivity contribution in [1.29, 1.82) is 0 Å². The van der Waals surface area contributed by atoms with Crippen LogP contribution in [0.1, 0.15) is 49.2 Å². The molecule has 0 fully saturated rings. The maximum atomic E-state index is 13.7. The van der Waals surface area contributed by atoms with Crippen LogP contribution in [0.3, 0.4) is 0 Å². The van der Waals surface area contributed by atoms with E-state index in [-0.39, 0.29) is 12.0 Å². The van der Waals surface area contributed by atoms with Crippen LogP contribution in [0.5, 0.6) is 11.5 Å². The first-order chi connectivity index (χ1) is 15.4. The molecule has 4 rings (SSSR count). The number of rotatable bonds is 8. The molecule has 32 heavy (non-hydrogen) atoms. The van der Waals surface area contributed by atoms with Crippen molar-refractivity contribution in [3.63, 3.8) is 0 Å². The van der Waals surface area contributed by atoms with Gasteiger partial charge in [-0.1, -0.05) is 50.2 Å². The van der Waals surface area contributed by atoms with E-state index in [1.807, 2.05) is 62.4 Å². The number of hydrogen-bond acceptors (Lipinski definition) is 4. The van der Waals surface area contributed by atoms with Crippen LogP contribution in [-0.2, 0) is 17.8 Å². The Bertz CT molecular complexity index is 1150. The topological polar surface area (TPSA) is 55.8 Å². The molecule has 0 atom stereocenters. The van der Waals surface area contributed by atoms with Gasteiger partial charge in [-0.05, 0) is 37.5 Å². The van der Waals surface area contributed by atoms with Crippen LogP contribution in [0, 0.1) is 5.92 Å². The number of fused-ring (bicyclic) bond motifs is 2. The molecule has 0 aliphatic carbocycles. The normalized spacial score (nSPS) is 13.2. The molecule has 1 heterocycles. The van der Waals surface area contributed by atoms with Crippen LogP contribution in [0.4, 0.5) is 5.69 Å². The van der Waals surface area contributed by atoms with Crippen molar-refractivity contribution in [3.8, 4) is 11.5 Å². The summed E-state index contributed by atoms with van der Waals surface area (Å²) in [5.74, 6) is 1.61. The lowest BCUT2D eigenvalue weighted by Crippen LogP contribution is -2.23. The van der Waals surface area contributed by atoms with Gasteiger partial charge in [-0.15, -0.1) is 0 Å². The lowest BCUT2D eigenvalue weighted by atomic mass is 9.99. The van der Waals surface area contributed by atoms with Crippen molar-refractivity contribution >= 4 is 28.7 Å². The van der Waals surface area contributed by atoms with E-state index in [1.54, 1.807) is 4.90 Å². The third-order valence-electron chi connectivity index (χ3n) is 5.48. The predicted octanol–water partition coefficient (Wildman–Crippen LogP) is 5.56. The highest BCUT2D eigenvalue weighted by Gasteiger charge is 2.37. The van der Waals surface area contributed by atoms with Gasteiger partial charge >= 0.3 is 0 Å². The first-order valence-electron chi connectivity index (χ1n) is 11.1. The molecule has 1 aliphatic rings. The molecule has 166 valence electrons. The van der Waals surface area contributed by atoms with Gasteiger partial charge in [0.05, 0.1) is 24.8 Å². The fraction of sp³-hybridized carbons (Fsp3) is 0.333. The second-order valence-electron chi connectivity index (χ2n) is 8.86. The number of carbonyl (C=O) groups excluding carboxylic acids is 2. The van der Waals surface area contributed by atoms with Crippen LogP contribution >= 0.6 is 0 Å². The minimum atomic E-state index is -0.0961. The van der Waals surface area contributed by atoms with Gasteiger partial charge in [0.2, 0.25) is 0 Å². The van der Waals surface area contributed by atoms with Gasteiger partial charge in [-0.3, -0.25) is 4.79 Å². The molecule has 0 unspecified atom stereocenters. The zero-order valence-electron chi connectivity index (χ0n) is 19.1. The number of aldehydes is 1. The fourth-order valence-corrected chi connectivity index (χ4v) is 4.06. The smallest absolute Gasteiger partial charge is 0.262 e. The molecule has 3 aromatic carbocycles. The van der Waals surface area contributed by atoms with E-state index in [2.05, 4.69) is 13.8 Å². The van der Waals surface area contributed by atoms with Crippen LogP contribution in [0.2, 0.25) is 0 Å². The van der Waals surface area contributed by atoms with E-state index < -0.39 is 0 Å². The Morgan fingerprint density at radius 3 is 2.22 bits per heavy atom. The molecule has 0 bridgehead atoms. The average Bonchev–Trinajstić information content (AvgIpc) is 3.11. The SMILES string of the molecule is CC(C)COc1c2c(c(OC(C)C)c3ccccc13)CN(c1ccc(CC=O)cc1)C2=O. The van der Waals surface area contributed by atoms with Crippen molar-refractivity contribution in [2.24, 2.45) is 5.92 Å². The molecular weight excluding hydrogens is 402 g/mol. The summed E-state index contributed by atoms with van der Waals surface area (Å²) in [7, 11) is 0. The summed E-state index contributed by atoms with van der Waals surface area (Å²) in [5.41, 5.74) is 3.15. The lowest BCUT2D eigenvalue weighted by molar-refractivity contribution is -0.107. The van der Waals surface area contributed by atoms with Crippen LogP contribution in [-0.4, -0.2) is 24.9 Å². The van der Waals surface area contributed by atoms with Crippen molar-refractivity contribution in [3.05, 3.63) is 65.2 Å². The van der Waals surface area contributed by atoms with Gasteiger partial charge in [0, 0.05) is 28.4 Å². The second kappa shape index (κ2) is 9.03. The third kappa shape index (κ3) is 4.07. The highest BCUT2D eigenvalue weighted by Crippen LogP contribution is 2.46. The molecular formula is C27H29NO4. The van der Waals surface area contributed by atoms with Crippen molar-refractivity contribution in [2.75, 3.05) is 11.5 Å². The maximum absolute atomic E-state index is 13.7. The lowest BCUT2D eigenvalue weighted by Gasteiger charge is -2.20. The van der Waals surface area contributed by atoms with Gasteiger partial charge in [0.15, 0.2) is 0 Å². The minimum absolute atomic E-state index is 0.0308. The Kier molecular flexibility index (Phi) is 6.17. The van der Waals surface area contributed by atoms with E-state index in [0.29, 0.717) is 36.8 Å². The molecule has 1 amide bonds. The summed E-state index contributed by atoms with van der Waals surface area (Å²) < 4.78 is 12.5.